The van der Waals surface area contributed by atoms with Crippen LogP contribution in [0.1, 0.15) is 15.9 Å². The van der Waals surface area contributed by atoms with E-state index in [9.17, 15) is 9.59 Å². The Morgan fingerprint density at radius 2 is 2.04 bits per heavy atom. The lowest BCUT2D eigenvalue weighted by Gasteiger charge is -2.07. The number of ether oxygens (including phenoxy) is 2. The van der Waals surface area contributed by atoms with E-state index >= 15 is 0 Å². The minimum absolute atomic E-state index is 0.0221. The average molecular weight is 315 g/mol. The second-order valence-electron chi connectivity index (χ2n) is 4.64. The zero-order chi connectivity index (χ0) is 16.8. The number of pyridine rings is 1. The first-order valence-electron chi connectivity index (χ1n) is 6.78. The number of amides is 1. The van der Waals surface area contributed by atoms with Gasteiger partial charge in [-0.15, -0.1) is 0 Å². The molecule has 1 aromatic carbocycles. The van der Waals surface area contributed by atoms with Crippen molar-refractivity contribution >= 4 is 12.1 Å². The SMILES string of the molecule is COc1ccc(/C=N\NC(=O)c2cccn(C)c2=O)c(OC)c1. The highest BCUT2D eigenvalue weighted by Gasteiger charge is 2.10. The van der Waals surface area contributed by atoms with Gasteiger partial charge in [-0.1, -0.05) is 0 Å². The van der Waals surface area contributed by atoms with E-state index < -0.39 is 5.91 Å². The van der Waals surface area contributed by atoms with Gasteiger partial charge in [0.05, 0.1) is 20.4 Å². The summed E-state index contributed by atoms with van der Waals surface area (Å²) in [5.41, 5.74) is 2.62. The molecule has 2 rings (SSSR count). The third-order valence-corrected chi connectivity index (χ3v) is 3.18. The molecule has 120 valence electrons. The van der Waals surface area contributed by atoms with Crippen LogP contribution in [0.3, 0.4) is 0 Å². The van der Waals surface area contributed by atoms with Crippen molar-refractivity contribution in [2.75, 3.05) is 14.2 Å². The number of hydrogen-bond donors (Lipinski definition) is 1. The van der Waals surface area contributed by atoms with E-state index in [4.69, 9.17) is 9.47 Å². The number of hydrazone groups is 1. The molecule has 1 aromatic heterocycles. The van der Waals surface area contributed by atoms with Crippen molar-refractivity contribution in [3.63, 3.8) is 0 Å². The summed E-state index contributed by atoms with van der Waals surface area (Å²) < 4.78 is 11.7. The number of aryl methyl sites for hydroxylation is 1. The van der Waals surface area contributed by atoms with Gasteiger partial charge in [0.2, 0.25) is 0 Å². The van der Waals surface area contributed by atoms with Gasteiger partial charge in [0.15, 0.2) is 0 Å². The van der Waals surface area contributed by atoms with Gasteiger partial charge in [0.25, 0.3) is 11.5 Å². The normalized spacial score (nSPS) is 10.6. The molecule has 0 radical (unpaired) electrons. The van der Waals surface area contributed by atoms with Crippen molar-refractivity contribution in [1.29, 1.82) is 0 Å². The number of aromatic nitrogens is 1. The Kier molecular flexibility index (Phi) is 5.14. The monoisotopic (exact) mass is 315 g/mol. The Morgan fingerprint density at radius 1 is 1.26 bits per heavy atom. The number of carbonyl (C=O) groups is 1. The zero-order valence-electron chi connectivity index (χ0n) is 13.1. The Labute approximate surface area is 133 Å². The number of nitrogens with one attached hydrogen (secondary N) is 1. The van der Waals surface area contributed by atoms with E-state index in [1.54, 1.807) is 44.6 Å². The van der Waals surface area contributed by atoms with Crippen LogP contribution in [0, 0.1) is 0 Å². The number of rotatable bonds is 5. The van der Waals surface area contributed by atoms with Gasteiger partial charge >= 0.3 is 0 Å². The van der Waals surface area contributed by atoms with Gasteiger partial charge in [0.1, 0.15) is 17.1 Å². The van der Waals surface area contributed by atoms with E-state index in [-0.39, 0.29) is 11.1 Å². The molecule has 2 aromatic rings. The van der Waals surface area contributed by atoms with Crippen LogP contribution in [0.4, 0.5) is 0 Å². The highest BCUT2D eigenvalue weighted by Crippen LogP contribution is 2.22. The van der Waals surface area contributed by atoms with Crippen LogP contribution >= 0.6 is 0 Å². The Morgan fingerprint density at radius 3 is 2.74 bits per heavy atom. The molecule has 0 saturated heterocycles. The number of benzene rings is 1. The van der Waals surface area contributed by atoms with Crippen molar-refractivity contribution in [3.8, 4) is 11.5 Å². The standard InChI is InChI=1S/C16H17N3O4/c1-19-8-4-5-13(16(19)21)15(20)18-17-10-11-6-7-12(22-2)9-14(11)23-3/h4-10H,1-3H3,(H,18,20)/b17-10-. The fraction of sp³-hybridized carbons (Fsp3) is 0.188. The molecule has 0 aliphatic heterocycles. The summed E-state index contributed by atoms with van der Waals surface area (Å²) in [6.45, 7) is 0. The first-order valence-corrected chi connectivity index (χ1v) is 6.78. The van der Waals surface area contributed by atoms with Gasteiger partial charge in [-0.25, -0.2) is 5.43 Å². The number of hydrogen-bond acceptors (Lipinski definition) is 5. The van der Waals surface area contributed by atoms with Crippen molar-refractivity contribution in [1.82, 2.24) is 9.99 Å². The van der Waals surface area contributed by atoms with Crippen LogP contribution in [-0.2, 0) is 7.05 Å². The fourth-order valence-corrected chi connectivity index (χ4v) is 1.92. The highest BCUT2D eigenvalue weighted by molar-refractivity contribution is 5.94. The summed E-state index contributed by atoms with van der Waals surface area (Å²) in [4.78, 5) is 23.8. The maximum Gasteiger partial charge on any atom is 0.276 e. The van der Waals surface area contributed by atoms with Crippen LogP contribution in [-0.4, -0.2) is 30.9 Å². The second-order valence-corrected chi connectivity index (χ2v) is 4.64. The summed E-state index contributed by atoms with van der Waals surface area (Å²) in [6, 6.07) is 8.26. The molecule has 0 atom stereocenters. The predicted octanol–water partition coefficient (Wildman–Crippen LogP) is 1.17. The van der Waals surface area contributed by atoms with Crippen molar-refractivity contribution in [3.05, 3.63) is 58.0 Å². The van der Waals surface area contributed by atoms with Gasteiger partial charge < -0.3 is 14.0 Å². The molecule has 0 fully saturated rings. The van der Waals surface area contributed by atoms with E-state index in [1.807, 2.05) is 0 Å². The minimum Gasteiger partial charge on any atom is -0.497 e. The van der Waals surface area contributed by atoms with Crippen molar-refractivity contribution in [2.45, 2.75) is 0 Å². The molecule has 0 aliphatic rings. The van der Waals surface area contributed by atoms with Crippen LogP contribution < -0.4 is 20.5 Å². The van der Waals surface area contributed by atoms with Crippen LogP contribution in [0.5, 0.6) is 11.5 Å². The second kappa shape index (κ2) is 7.26. The smallest absolute Gasteiger partial charge is 0.276 e. The minimum atomic E-state index is -0.574. The topological polar surface area (TPSA) is 81.9 Å². The Balaban J connectivity index is 2.14. The zero-order valence-corrected chi connectivity index (χ0v) is 13.1. The largest absolute Gasteiger partial charge is 0.497 e. The first-order chi connectivity index (χ1) is 11.1. The molecule has 7 heteroatoms. The molecule has 0 saturated carbocycles. The van der Waals surface area contributed by atoms with E-state index in [0.717, 1.165) is 0 Å². The fourth-order valence-electron chi connectivity index (χ4n) is 1.92. The maximum absolute atomic E-state index is 12.0. The molecule has 0 unspecified atom stereocenters. The molecular formula is C16H17N3O4. The Bertz CT molecular complexity index is 796. The molecule has 1 heterocycles. The lowest BCUT2D eigenvalue weighted by molar-refractivity contribution is 0.0953. The molecule has 1 N–H and O–H groups in total. The number of methoxy groups -OCH3 is 2. The number of nitrogens with zero attached hydrogens (tertiary/aromatic N) is 2. The Hall–Kier alpha value is -3.09. The quantitative estimate of drug-likeness (QED) is 0.663. The summed E-state index contributed by atoms with van der Waals surface area (Å²) >= 11 is 0. The summed E-state index contributed by atoms with van der Waals surface area (Å²) in [6.07, 6.45) is 3.01. The summed E-state index contributed by atoms with van der Waals surface area (Å²) in [5.74, 6) is 0.628. The van der Waals surface area contributed by atoms with Crippen LogP contribution in [0.25, 0.3) is 0 Å². The van der Waals surface area contributed by atoms with Crippen molar-refractivity contribution < 1.29 is 14.3 Å². The first kappa shape index (κ1) is 16.3. The van der Waals surface area contributed by atoms with Gasteiger partial charge in [-0.3, -0.25) is 9.59 Å². The van der Waals surface area contributed by atoms with E-state index in [2.05, 4.69) is 10.5 Å². The third kappa shape index (κ3) is 3.76. The molecule has 23 heavy (non-hydrogen) atoms. The summed E-state index contributed by atoms with van der Waals surface area (Å²) in [5, 5.41) is 3.86. The van der Waals surface area contributed by atoms with Crippen LogP contribution in [0.15, 0.2) is 46.4 Å². The van der Waals surface area contributed by atoms with Gasteiger partial charge in [-0.2, -0.15) is 5.10 Å². The maximum atomic E-state index is 12.0. The molecule has 7 nitrogen and oxygen atoms in total. The molecule has 1 amide bonds. The van der Waals surface area contributed by atoms with E-state index in [1.165, 1.54) is 24.0 Å². The van der Waals surface area contributed by atoms with Crippen LogP contribution in [0.2, 0.25) is 0 Å². The third-order valence-electron chi connectivity index (χ3n) is 3.18. The van der Waals surface area contributed by atoms with E-state index in [0.29, 0.717) is 17.1 Å². The lowest BCUT2D eigenvalue weighted by atomic mass is 10.2. The molecule has 0 bridgehead atoms. The highest BCUT2D eigenvalue weighted by atomic mass is 16.5. The molecule has 0 aliphatic carbocycles. The number of carbonyl (C=O) groups excluding carboxylic acids is 1. The lowest BCUT2D eigenvalue weighted by Crippen LogP contribution is -2.29. The average Bonchev–Trinajstić information content (AvgIpc) is 2.57. The molecular weight excluding hydrogens is 298 g/mol. The van der Waals surface area contributed by atoms with Gasteiger partial charge in [-0.05, 0) is 24.3 Å². The predicted molar refractivity (Wildman–Crippen MR) is 86.3 cm³/mol. The molecule has 0 spiro atoms. The summed E-state index contributed by atoms with van der Waals surface area (Å²) in [7, 11) is 4.66. The van der Waals surface area contributed by atoms with Crippen molar-refractivity contribution in [2.24, 2.45) is 12.1 Å². The van der Waals surface area contributed by atoms with Gasteiger partial charge in [0, 0.05) is 24.9 Å².